The van der Waals surface area contributed by atoms with Gasteiger partial charge in [-0.25, -0.2) is 0 Å². The zero-order chi connectivity index (χ0) is 16.7. The summed E-state index contributed by atoms with van der Waals surface area (Å²) < 4.78 is 15.7. The van der Waals surface area contributed by atoms with Crippen LogP contribution in [0.25, 0.3) is 0 Å². The fourth-order valence-electron chi connectivity index (χ4n) is 1.75. The van der Waals surface area contributed by atoms with Crippen LogP contribution in [0.2, 0.25) is 0 Å². The fourth-order valence-corrected chi connectivity index (χ4v) is 1.75. The molecule has 0 atom stereocenters. The highest BCUT2D eigenvalue weighted by Gasteiger charge is 1.95. The molecule has 0 aromatic carbocycles. The Hall–Kier alpha value is -1.31. The molecule has 0 saturated carbocycles. The number of hydrogen-bond donors (Lipinski definition) is 1. The van der Waals surface area contributed by atoms with Crippen LogP contribution in [0.3, 0.4) is 0 Å². The Morgan fingerprint density at radius 3 is 2.35 bits per heavy atom. The van der Waals surface area contributed by atoms with E-state index in [2.05, 4.69) is 13.0 Å². The van der Waals surface area contributed by atoms with E-state index in [4.69, 9.17) is 7.85 Å². The Labute approximate surface area is 127 Å². The van der Waals surface area contributed by atoms with Gasteiger partial charge in [0.15, 0.2) is 0 Å². The quantitative estimate of drug-likeness (QED) is 0.349. The predicted molar refractivity (Wildman–Crippen MR) is 86.9 cm³/mol. The zero-order valence-electron chi connectivity index (χ0n) is 14.7. The Bertz CT molecular complexity index is 371. The predicted octanol–water partition coefficient (Wildman–Crippen LogP) is 5.66. The first-order chi connectivity index (χ1) is 10.5. The second kappa shape index (κ2) is 15.7. The molecular formula is C18H30O2. The first-order valence-corrected chi connectivity index (χ1v) is 7.70. The summed E-state index contributed by atoms with van der Waals surface area (Å²) >= 11 is 0. The number of allylic oxidation sites excluding steroid dienone is 6. The van der Waals surface area contributed by atoms with Gasteiger partial charge < -0.3 is 5.11 Å². The van der Waals surface area contributed by atoms with Crippen LogP contribution in [0.1, 0.15) is 73.8 Å². The van der Waals surface area contributed by atoms with Crippen LogP contribution in [-0.2, 0) is 4.79 Å². The van der Waals surface area contributed by atoms with Crippen LogP contribution in [-0.4, -0.2) is 11.1 Å². The van der Waals surface area contributed by atoms with E-state index >= 15 is 0 Å². The van der Waals surface area contributed by atoms with Crippen molar-refractivity contribution in [3.8, 4) is 0 Å². The molecule has 0 aromatic heterocycles. The van der Waals surface area contributed by atoms with Gasteiger partial charge in [-0.05, 0) is 38.5 Å². The molecule has 0 aliphatic heterocycles. The summed E-state index contributed by atoms with van der Waals surface area (Å²) in [7, 11) is 0. The molecule has 0 unspecified atom stereocenters. The van der Waals surface area contributed by atoms with Crippen LogP contribution < -0.4 is 0 Å². The molecule has 2 nitrogen and oxygen atoms in total. The van der Waals surface area contributed by atoms with E-state index in [1.807, 2.05) is 18.2 Å². The smallest absolute Gasteiger partial charge is 0.303 e. The highest BCUT2D eigenvalue weighted by atomic mass is 16.4. The van der Waals surface area contributed by atoms with Gasteiger partial charge in [0.2, 0.25) is 0 Å². The van der Waals surface area contributed by atoms with Gasteiger partial charge in [0.05, 0.1) is 0 Å². The van der Waals surface area contributed by atoms with Crippen molar-refractivity contribution in [1.82, 2.24) is 0 Å². The molecule has 0 saturated heterocycles. The molecule has 1 N–H and O–H groups in total. The normalized spacial score (nSPS) is 14.2. The lowest BCUT2D eigenvalue weighted by Gasteiger charge is -1.98. The number of aliphatic carboxylic acids is 1. The van der Waals surface area contributed by atoms with Gasteiger partial charge >= 0.3 is 5.97 Å². The van der Waals surface area contributed by atoms with Gasteiger partial charge in [-0.3, -0.25) is 4.79 Å². The Morgan fingerprint density at radius 2 is 1.60 bits per heavy atom. The molecule has 0 heterocycles. The molecule has 0 fully saturated rings. The maximum Gasteiger partial charge on any atom is 0.303 e. The van der Waals surface area contributed by atoms with E-state index in [0.717, 1.165) is 51.4 Å². The number of carbonyl (C=O) groups is 1. The number of rotatable bonds is 13. The number of unbranched alkanes of at least 4 members (excludes halogenated alkanes) is 5. The van der Waals surface area contributed by atoms with Gasteiger partial charge in [0.25, 0.3) is 0 Å². The maximum absolute atomic E-state index is 10.3. The van der Waals surface area contributed by atoms with Crippen LogP contribution in [0, 0.1) is 0 Å². The summed E-state index contributed by atoms with van der Waals surface area (Å²) in [6.45, 7) is 2.08. The van der Waals surface area contributed by atoms with Crippen molar-refractivity contribution >= 4 is 5.97 Å². The zero-order valence-corrected chi connectivity index (χ0v) is 12.7. The average molecular weight is 280 g/mol. The van der Waals surface area contributed by atoms with Crippen LogP contribution in [0.5, 0.6) is 0 Å². The van der Waals surface area contributed by atoms with Crippen LogP contribution in [0.15, 0.2) is 36.5 Å². The lowest BCUT2D eigenvalue weighted by molar-refractivity contribution is -0.137. The number of carboxylic acid groups (broad SMARTS) is 1. The maximum atomic E-state index is 10.3. The molecule has 0 aromatic rings. The van der Waals surface area contributed by atoms with Crippen LogP contribution in [0.4, 0.5) is 0 Å². The molecule has 0 amide bonds. The van der Waals surface area contributed by atoms with Gasteiger partial charge in [-0.15, -0.1) is 0 Å². The highest BCUT2D eigenvalue weighted by molar-refractivity contribution is 5.66. The summed E-state index contributed by atoms with van der Waals surface area (Å²) in [5, 5.41) is 8.51. The molecule has 114 valence electrons. The second-order valence-corrected chi connectivity index (χ2v) is 4.79. The standard InChI is InChI=1S/C18H30O2/c1-2-3-4-5-6-7-8-9-10-11-12-13-14-15-16-17-18(19)20/h3-4,6-7,9-10H,2,5,8,11-17H2,1H3,(H,19,20)/b4-3-,7-6-,10-9-/i8D2. The summed E-state index contributed by atoms with van der Waals surface area (Å²) in [6, 6.07) is 0. The third-order valence-electron chi connectivity index (χ3n) is 2.86. The van der Waals surface area contributed by atoms with E-state index in [9.17, 15) is 4.79 Å². The molecular weight excluding hydrogens is 248 g/mol. The molecule has 0 aliphatic rings. The van der Waals surface area contributed by atoms with Crippen molar-refractivity contribution in [2.75, 3.05) is 0 Å². The molecule has 0 aliphatic carbocycles. The average Bonchev–Trinajstić information content (AvgIpc) is 2.45. The lowest BCUT2D eigenvalue weighted by atomic mass is 10.1. The van der Waals surface area contributed by atoms with Crippen molar-refractivity contribution in [3.63, 3.8) is 0 Å². The summed E-state index contributed by atoms with van der Waals surface area (Å²) in [6.07, 6.45) is 17.5. The van der Waals surface area contributed by atoms with Crippen molar-refractivity contribution in [3.05, 3.63) is 36.5 Å². The fraction of sp³-hybridized carbons (Fsp3) is 0.611. The third-order valence-corrected chi connectivity index (χ3v) is 2.86. The third kappa shape index (κ3) is 16.7. The first kappa shape index (κ1) is 15.1. The minimum absolute atomic E-state index is 0.264. The van der Waals surface area contributed by atoms with E-state index in [-0.39, 0.29) is 6.42 Å². The Kier molecular flexibility index (Phi) is 11.9. The molecule has 2 heteroatoms. The molecule has 0 radical (unpaired) electrons. The highest BCUT2D eigenvalue weighted by Crippen LogP contribution is 2.07. The van der Waals surface area contributed by atoms with Gasteiger partial charge in [-0.1, -0.05) is 62.6 Å². The van der Waals surface area contributed by atoms with Crippen molar-refractivity contribution in [2.24, 2.45) is 0 Å². The first-order valence-electron chi connectivity index (χ1n) is 8.70. The lowest BCUT2D eigenvalue weighted by Crippen LogP contribution is -1.93. The number of hydrogen-bond acceptors (Lipinski definition) is 1. The SMILES string of the molecule is [2H]C([2H])(/C=C\C/C=C\CC)/C=C\CCCCCCCC(=O)O. The molecule has 0 bridgehead atoms. The largest absolute Gasteiger partial charge is 0.481 e. The summed E-state index contributed by atoms with van der Waals surface area (Å²) in [4.78, 5) is 10.3. The molecule has 20 heavy (non-hydrogen) atoms. The van der Waals surface area contributed by atoms with E-state index in [1.165, 1.54) is 0 Å². The summed E-state index contributed by atoms with van der Waals surface area (Å²) in [5.41, 5.74) is 0. The number of carboxylic acids is 1. The molecule has 0 rings (SSSR count). The van der Waals surface area contributed by atoms with Gasteiger partial charge in [0.1, 0.15) is 0 Å². The van der Waals surface area contributed by atoms with Crippen molar-refractivity contribution in [2.45, 2.75) is 71.1 Å². The van der Waals surface area contributed by atoms with E-state index < -0.39 is 12.3 Å². The van der Waals surface area contributed by atoms with Crippen LogP contribution >= 0.6 is 0 Å². The minimum atomic E-state index is -1.37. The van der Waals surface area contributed by atoms with E-state index in [0.29, 0.717) is 0 Å². The monoisotopic (exact) mass is 280 g/mol. The topological polar surface area (TPSA) is 37.3 Å². The van der Waals surface area contributed by atoms with E-state index in [1.54, 1.807) is 12.2 Å². The minimum Gasteiger partial charge on any atom is -0.481 e. The van der Waals surface area contributed by atoms with Crippen molar-refractivity contribution in [1.29, 1.82) is 0 Å². The van der Waals surface area contributed by atoms with Gasteiger partial charge in [-0.2, -0.15) is 0 Å². The van der Waals surface area contributed by atoms with Gasteiger partial charge in [0, 0.05) is 9.16 Å². The Balaban J connectivity index is 3.68. The second-order valence-electron chi connectivity index (χ2n) is 4.79. The molecule has 0 spiro atoms. The summed E-state index contributed by atoms with van der Waals surface area (Å²) in [5.74, 6) is -0.719. The Morgan fingerprint density at radius 1 is 0.950 bits per heavy atom. The van der Waals surface area contributed by atoms with Crippen molar-refractivity contribution < 1.29 is 12.6 Å².